The average molecular weight is 288 g/mol. The Morgan fingerprint density at radius 2 is 2.12 bits per heavy atom. The molecule has 0 bridgehead atoms. The zero-order valence-corrected chi connectivity index (χ0v) is 11.4. The topological polar surface area (TPSA) is 41.5 Å². The molecule has 4 heteroatoms. The van der Waals surface area contributed by atoms with Crippen LogP contribution in [0.5, 0.6) is 5.75 Å². The summed E-state index contributed by atoms with van der Waals surface area (Å²) in [5.41, 5.74) is 1.15. The molecule has 0 aliphatic rings. The third kappa shape index (κ3) is 3.47. The highest BCUT2D eigenvalue weighted by Crippen LogP contribution is 2.27. The number of hydrogen-bond donors (Lipinski definition) is 2. The van der Waals surface area contributed by atoms with Gasteiger partial charge >= 0.3 is 0 Å². The molecular formula is C12H18BrNO2. The summed E-state index contributed by atoms with van der Waals surface area (Å²) in [4.78, 5) is 0. The van der Waals surface area contributed by atoms with Crippen LogP contribution in [0.1, 0.15) is 25.5 Å². The van der Waals surface area contributed by atoms with Gasteiger partial charge in [0, 0.05) is 16.6 Å². The summed E-state index contributed by atoms with van der Waals surface area (Å²) < 4.78 is 6.15. The molecule has 0 aromatic heterocycles. The van der Waals surface area contributed by atoms with Crippen LogP contribution >= 0.6 is 15.9 Å². The van der Waals surface area contributed by atoms with Gasteiger partial charge in [-0.1, -0.05) is 22.0 Å². The molecule has 0 aliphatic carbocycles. The first-order chi connectivity index (χ1) is 7.58. The van der Waals surface area contributed by atoms with Gasteiger partial charge in [-0.2, -0.15) is 0 Å². The van der Waals surface area contributed by atoms with E-state index in [0.717, 1.165) is 15.8 Å². The standard InChI is InChI=1S/C12H18BrNO2/c1-8(7-15)14-9(2)11-5-4-10(16-3)6-12(11)13/h4-6,8-9,14-15H,7H2,1-3H3/t8-,9?/m1/s1. The molecule has 1 unspecified atom stereocenters. The van der Waals surface area contributed by atoms with E-state index in [9.17, 15) is 0 Å². The highest BCUT2D eigenvalue weighted by molar-refractivity contribution is 9.10. The predicted octanol–water partition coefficient (Wildman–Crippen LogP) is 2.49. The molecule has 0 spiro atoms. The van der Waals surface area contributed by atoms with E-state index in [2.05, 4.69) is 28.2 Å². The number of aliphatic hydroxyl groups is 1. The van der Waals surface area contributed by atoms with Crippen LogP contribution in [-0.2, 0) is 0 Å². The largest absolute Gasteiger partial charge is 0.497 e. The second-order valence-electron chi connectivity index (χ2n) is 3.86. The Hall–Kier alpha value is -0.580. The summed E-state index contributed by atoms with van der Waals surface area (Å²) in [6.45, 7) is 4.16. The van der Waals surface area contributed by atoms with Crippen LogP contribution in [-0.4, -0.2) is 24.9 Å². The van der Waals surface area contributed by atoms with E-state index in [1.807, 2.05) is 25.1 Å². The van der Waals surface area contributed by atoms with Crippen molar-refractivity contribution in [2.24, 2.45) is 0 Å². The maximum absolute atomic E-state index is 8.99. The summed E-state index contributed by atoms with van der Waals surface area (Å²) >= 11 is 3.52. The van der Waals surface area contributed by atoms with Crippen LogP contribution in [0.2, 0.25) is 0 Å². The van der Waals surface area contributed by atoms with Crippen molar-refractivity contribution >= 4 is 15.9 Å². The molecule has 0 aliphatic heterocycles. The van der Waals surface area contributed by atoms with Gasteiger partial charge in [-0.25, -0.2) is 0 Å². The number of ether oxygens (including phenoxy) is 1. The maximum Gasteiger partial charge on any atom is 0.120 e. The highest BCUT2D eigenvalue weighted by atomic mass is 79.9. The summed E-state index contributed by atoms with van der Waals surface area (Å²) in [6, 6.07) is 6.16. The van der Waals surface area contributed by atoms with Crippen molar-refractivity contribution < 1.29 is 9.84 Å². The van der Waals surface area contributed by atoms with Crippen molar-refractivity contribution in [3.63, 3.8) is 0 Å². The van der Waals surface area contributed by atoms with Gasteiger partial charge in [-0.3, -0.25) is 0 Å². The minimum absolute atomic E-state index is 0.0870. The van der Waals surface area contributed by atoms with E-state index in [0.29, 0.717) is 0 Å². The average Bonchev–Trinajstić information content (AvgIpc) is 2.28. The molecule has 1 aromatic rings. The minimum atomic E-state index is 0.0870. The monoisotopic (exact) mass is 287 g/mol. The molecular weight excluding hydrogens is 270 g/mol. The number of rotatable bonds is 5. The van der Waals surface area contributed by atoms with Gasteiger partial charge in [0.25, 0.3) is 0 Å². The van der Waals surface area contributed by atoms with Crippen molar-refractivity contribution in [1.29, 1.82) is 0 Å². The Labute approximate surface area is 105 Å². The molecule has 90 valence electrons. The third-order valence-electron chi connectivity index (χ3n) is 2.48. The highest BCUT2D eigenvalue weighted by Gasteiger charge is 2.12. The van der Waals surface area contributed by atoms with E-state index in [-0.39, 0.29) is 18.7 Å². The van der Waals surface area contributed by atoms with Crippen molar-refractivity contribution in [3.05, 3.63) is 28.2 Å². The first-order valence-electron chi connectivity index (χ1n) is 5.28. The van der Waals surface area contributed by atoms with E-state index >= 15 is 0 Å². The van der Waals surface area contributed by atoms with Gasteiger partial charge in [0.05, 0.1) is 13.7 Å². The number of nitrogens with one attached hydrogen (secondary N) is 1. The molecule has 0 fully saturated rings. The molecule has 0 amide bonds. The number of aliphatic hydroxyl groups excluding tert-OH is 1. The Bertz CT molecular complexity index is 344. The van der Waals surface area contributed by atoms with Crippen molar-refractivity contribution in [1.82, 2.24) is 5.32 Å². The van der Waals surface area contributed by atoms with Crippen molar-refractivity contribution in [3.8, 4) is 5.75 Å². The normalized spacial score (nSPS) is 14.6. The van der Waals surface area contributed by atoms with Gasteiger partial charge < -0.3 is 15.2 Å². The van der Waals surface area contributed by atoms with Gasteiger partial charge in [0.1, 0.15) is 5.75 Å². The zero-order valence-electron chi connectivity index (χ0n) is 9.83. The minimum Gasteiger partial charge on any atom is -0.497 e. The SMILES string of the molecule is COc1ccc(C(C)N[C@H](C)CO)c(Br)c1. The fourth-order valence-electron chi connectivity index (χ4n) is 1.56. The molecule has 1 rings (SSSR count). The summed E-state index contributed by atoms with van der Waals surface area (Å²) in [6.07, 6.45) is 0. The lowest BCUT2D eigenvalue weighted by molar-refractivity contribution is 0.243. The van der Waals surface area contributed by atoms with Crippen LogP contribution in [0.15, 0.2) is 22.7 Å². The Balaban J connectivity index is 2.79. The molecule has 2 N–H and O–H groups in total. The molecule has 0 saturated heterocycles. The predicted molar refractivity (Wildman–Crippen MR) is 68.8 cm³/mol. The Morgan fingerprint density at radius 1 is 1.44 bits per heavy atom. The maximum atomic E-state index is 8.99. The van der Waals surface area contributed by atoms with Crippen LogP contribution in [0.4, 0.5) is 0 Å². The van der Waals surface area contributed by atoms with Crippen LogP contribution in [0.25, 0.3) is 0 Å². The lowest BCUT2D eigenvalue weighted by atomic mass is 10.1. The third-order valence-corrected chi connectivity index (χ3v) is 3.17. The lowest BCUT2D eigenvalue weighted by Crippen LogP contribution is -2.31. The smallest absolute Gasteiger partial charge is 0.120 e. The molecule has 16 heavy (non-hydrogen) atoms. The van der Waals surface area contributed by atoms with E-state index in [4.69, 9.17) is 9.84 Å². The summed E-state index contributed by atoms with van der Waals surface area (Å²) in [5.74, 6) is 0.832. The summed E-state index contributed by atoms with van der Waals surface area (Å²) in [7, 11) is 1.65. The Kier molecular flexibility index (Phi) is 5.25. The zero-order chi connectivity index (χ0) is 12.1. The fraction of sp³-hybridized carbons (Fsp3) is 0.500. The number of hydrogen-bond acceptors (Lipinski definition) is 3. The number of halogens is 1. The first kappa shape index (κ1) is 13.5. The molecule has 2 atom stereocenters. The van der Waals surface area contributed by atoms with Crippen LogP contribution < -0.4 is 10.1 Å². The van der Waals surface area contributed by atoms with Crippen LogP contribution in [0.3, 0.4) is 0 Å². The van der Waals surface area contributed by atoms with E-state index in [1.165, 1.54) is 0 Å². The molecule has 0 heterocycles. The molecule has 0 saturated carbocycles. The fourth-order valence-corrected chi connectivity index (χ4v) is 2.26. The number of benzene rings is 1. The first-order valence-corrected chi connectivity index (χ1v) is 6.08. The van der Waals surface area contributed by atoms with Gasteiger partial charge in [-0.05, 0) is 31.5 Å². The Morgan fingerprint density at radius 3 is 2.62 bits per heavy atom. The van der Waals surface area contributed by atoms with Gasteiger partial charge in [-0.15, -0.1) is 0 Å². The number of methoxy groups -OCH3 is 1. The molecule has 3 nitrogen and oxygen atoms in total. The van der Waals surface area contributed by atoms with Gasteiger partial charge in [0.2, 0.25) is 0 Å². The van der Waals surface area contributed by atoms with Gasteiger partial charge in [0.15, 0.2) is 0 Å². The molecule has 1 aromatic carbocycles. The van der Waals surface area contributed by atoms with E-state index in [1.54, 1.807) is 7.11 Å². The second kappa shape index (κ2) is 6.23. The summed E-state index contributed by atoms with van der Waals surface area (Å²) in [5, 5.41) is 12.3. The second-order valence-corrected chi connectivity index (χ2v) is 4.71. The van der Waals surface area contributed by atoms with Crippen LogP contribution in [0, 0.1) is 0 Å². The van der Waals surface area contributed by atoms with Crippen molar-refractivity contribution in [2.75, 3.05) is 13.7 Å². The van der Waals surface area contributed by atoms with Crippen molar-refractivity contribution in [2.45, 2.75) is 25.9 Å². The van der Waals surface area contributed by atoms with E-state index < -0.39 is 0 Å². The molecule has 0 radical (unpaired) electrons. The lowest BCUT2D eigenvalue weighted by Gasteiger charge is -2.20. The quantitative estimate of drug-likeness (QED) is 0.874.